The molecule has 0 aromatic carbocycles. The molecule has 1 saturated heterocycles. The van der Waals surface area contributed by atoms with Gasteiger partial charge in [0, 0.05) is 18.6 Å². The smallest absolute Gasteiger partial charge is 0.317 e. The zero-order valence-electron chi connectivity index (χ0n) is 10.1. The van der Waals surface area contributed by atoms with Crippen LogP contribution < -0.4 is 5.32 Å². The molecule has 1 saturated carbocycles. The molecule has 2 aliphatic rings. The monoisotopic (exact) mass is 226 g/mol. The number of rotatable bonds is 1. The Morgan fingerprint density at radius 2 is 1.81 bits per heavy atom. The molecule has 4 heteroatoms. The Balaban J connectivity index is 1.85. The van der Waals surface area contributed by atoms with E-state index in [2.05, 4.69) is 12.2 Å². The van der Waals surface area contributed by atoms with Crippen molar-refractivity contribution in [1.29, 1.82) is 0 Å². The van der Waals surface area contributed by atoms with E-state index in [1.807, 2.05) is 4.90 Å². The molecule has 2 amide bonds. The summed E-state index contributed by atoms with van der Waals surface area (Å²) in [5.74, 6) is 0. The zero-order valence-corrected chi connectivity index (χ0v) is 10.1. The fourth-order valence-corrected chi connectivity index (χ4v) is 2.56. The second-order valence-corrected chi connectivity index (χ2v) is 5.15. The van der Waals surface area contributed by atoms with Gasteiger partial charge >= 0.3 is 6.03 Å². The molecule has 2 fully saturated rings. The minimum Gasteiger partial charge on any atom is -0.378 e. The molecule has 1 heterocycles. The van der Waals surface area contributed by atoms with Crippen LogP contribution in [0.3, 0.4) is 0 Å². The van der Waals surface area contributed by atoms with Crippen molar-refractivity contribution in [2.75, 3.05) is 26.3 Å². The van der Waals surface area contributed by atoms with E-state index in [0.717, 1.165) is 25.9 Å². The molecule has 0 aromatic heterocycles. The van der Waals surface area contributed by atoms with Gasteiger partial charge in [-0.2, -0.15) is 0 Å². The summed E-state index contributed by atoms with van der Waals surface area (Å²) in [7, 11) is 0. The number of hydrogen-bond acceptors (Lipinski definition) is 2. The van der Waals surface area contributed by atoms with E-state index in [9.17, 15) is 4.79 Å². The first kappa shape index (κ1) is 11.7. The molecule has 1 aliphatic carbocycles. The van der Waals surface area contributed by atoms with Gasteiger partial charge in [-0.05, 0) is 19.8 Å². The van der Waals surface area contributed by atoms with Crippen LogP contribution in [0.25, 0.3) is 0 Å². The Kier molecular flexibility index (Phi) is 3.69. The number of ether oxygens (including phenoxy) is 1. The van der Waals surface area contributed by atoms with Gasteiger partial charge in [-0.3, -0.25) is 0 Å². The summed E-state index contributed by atoms with van der Waals surface area (Å²) in [6, 6.07) is 0.0905. The van der Waals surface area contributed by atoms with Crippen molar-refractivity contribution in [2.24, 2.45) is 0 Å². The lowest BCUT2D eigenvalue weighted by Crippen LogP contribution is -2.54. The second kappa shape index (κ2) is 5.04. The molecular weight excluding hydrogens is 204 g/mol. The van der Waals surface area contributed by atoms with E-state index in [0.29, 0.717) is 13.2 Å². The fourth-order valence-electron chi connectivity index (χ4n) is 2.56. The van der Waals surface area contributed by atoms with Crippen LogP contribution in [0.15, 0.2) is 0 Å². The summed E-state index contributed by atoms with van der Waals surface area (Å²) in [4.78, 5) is 13.9. The standard InChI is InChI=1S/C12H22N2O2/c1-12(5-3-2-4-6-12)13-11(15)14-7-9-16-10-8-14/h2-10H2,1H3,(H,13,15). The SMILES string of the molecule is CC1(NC(=O)N2CCOCC2)CCCCC1. The van der Waals surface area contributed by atoms with Gasteiger partial charge in [0.1, 0.15) is 0 Å². The van der Waals surface area contributed by atoms with Gasteiger partial charge in [0.05, 0.1) is 13.2 Å². The van der Waals surface area contributed by atoms with E-state index < -0.39 is 0 Å². The van der Waals surface area contributed by atoms with Crippen LogP contribution in [0.5, 0.6) is 0 Å². The lowest BCUT2D eigenvalue weighted by atomic mass is 9.83. The van der Waals surface area contributed by atoms with Gasteiger partial charge in [0.25, 0.3) is 0 Å². The summed E-state index contributed by atoms with van der Waals surface area (Å²) >= 11 is 0. The summed E-state index contributed by atoms with van der Waals surface area (Å²) in [6.07, 6.45) is 6.01. The lowest BCUT2D eigenvalue weighted by molar-refractivity contribution is 0.0503. The number of carbonyl (C=O) groups excluding carboxylic acids is 1. The molecular formula is C12H22N2O2. The highest BCUT2D eigenvalue weighted by atomic mass is 16.5. The van der Waals surface area contributed by atoms with Crippen molar-refractivity contribution in [3.05, 3.63) is 0 Å². The molecule has 0 spiro atoms. The number of urea groups is 1. The quantitative estimate of drug-likeness (QED) is 0.740. The van der Waals surface area contributed by atoms with Crippen molar-refractivity contribution in [1.82, 2.24) is 10.2 Å². The largest absolute Gasteiger partial charge is 0.378 e. The Bertz CT molecular complexity index is 243. The maximum atomic E-state index is 12.0. The number of hydrogen-bond donors (Lipinski definition) is 1. The van der Waals surface area contributed by atoms with Gasteiger partial charge in [-0.1, -0.05) is 19.3 Å². The number of nitrogens with zero attached hydrogens (tertiary/aromatic N) is 1. The van der Waals surface area contributed by atoms with Gasteiger partial charge < -0.3 is 15.0 Å². The minimum atomic E-state index is 0.0215. The Labute approximate surface area is 97.3 Å². The number of nitrogens with one attached hydrogen (secondary N) is 1. The number of morpholine rings is 1. The van der Waals surface area contributed by atoms with Crippen molar-refractivity contribution < 1.29 is 9.53 Å². The number of amides is 2. The predicted octanol–water partition coefficient (Wildman–Crippen LogP) is 1.75. The molecule has 0 unspecified atom stereocenters. The molecule has 0 bridgehead atoms. The average Bonchev–Trinajstić information content (AvgIpc) is 2.30. The second-order valence-electron chi connectivity index (χ2n) is 5.15. The van der Waals surface area contributed by atoms with Crippen LogP contribution in [-0.2, 0) is 4.74 Å². The highest BCUT2D eigenvalue weighted by Crippen LogP contribution is 2.27. The predicted molar refractivity (Wildman–Crippen MR) is 62.4 cm³/mol. The molecule has 16 heavy (non-hydrogen) atoms. The molecule has 1 N–H and O–H groups in total. The van der Waals surface area contributed by atoms with Gasteiger partial charge in [0.15, 0.2) is 0 Å². The molecule has 4 nitrogen and oxygen atoms in total. The van der Waals surface area contributed by atoms with Crippen LogP contribution in [0, 0.1) is 0 Å². The number of carbonyl (C=O) groups is 1. The van der Waals surface area contributed by atoms with Crippen molar-refractivity contribution in [3.8, 4) is 0 Å². The van der Waals surface area contributed by atoms with Crippen LogP contribution >= 0.6 is 0 Å². The Hall–Kier alpha value is -0.770. The molecule has 0 radical (unpaired) electrons. The van der Waals surface area contributed by atoms with Crippen LogP contribution in [0.2, 0.25) is 0 Å². The first-order valence-electron chi connectivity index (χ1n) is 6.34. The van der Waals surface area contributed by atoms with E-state index in [1.54, 1.807) is 0 Å². The maximum Gasteiger partial charge on any atom is 0.317 e. The summed E-state index contributed by atoms with van der Waals surface area (Å²) < 4.78 is 5.24. The third-order valence-corrected chi connectivity index (χ3v) is 3.66. The van der Waals surface area contributed by atoms with Gasteiger partial charge in [0.2, 0.25) is 0 Å². The van der Waals surface area contributed by atoms with Crippen molar-refractivity contribution >= 4 is 6.03 Å². The highest BCUT2D eigenvalue weighted by Gasteiger charge is 2.30. The topological polar surface area (TPSA) is 41.6 Å². The minimum absolute atomic E-state index is 0.0215. The summed E-state index contributed by atoms with van der Waals surface area (Å²) in [6.45, 7) is 4.96. The van der Waals surface area contributed by atoms with E-state index >= 15 is 0 Å². The third-order valence-electron chi connectivity index (χ3n) is 3.66. The lowest BCUT2D eigenvalue weighted by Gasteiger charge is -2.37. The molecule has 92 valence electrons. The first-order valence-corrected chi connectivity index (χ1v) is 6.34. The molecule has 2 rings (SSSR count). The van der Waals surface area contributed by atoms with Crippen molar-refractivity contribution in [3.63, 3.8) is 0 Å². The van der Waals surface area contributed by atoms with Crippen LogP contribution in [-0.4, -0.2) is 42.8 Å². The van der Waals surface area contributed by atoms with Crippen LogP contribution in [0.4, 0.5) is 4.79 Å². The Morgan fingerprint density at radius 1 is 1.19 bits per heavy atom. The molecule has 0 aromatic rings. The highest BCUT2D eigenvalue weighted by molar-refractivity contribution is 5.75. The van der Waals surface area contributed by atoms with Crippen molar-refractivity contribution in [2.45, 2.75) is 44.6 Å². The first-order chi connectivity index (χ1) is 7.70. The van der Waals surface area contributed by atoms with Gasteiger partial charge in [-0.25, -0.2) is 4.79 Å². The third kappa shape index (κ3) is 2.88. The maximum absolute atomic E-state index is 12.0. The molecule has 1 aliphatic heterocycles. The van der Waals surface area contributed by atoms with Crippen LogP contribution in [0.1, 0.15) is 39.0 Å². The van der Waals surface area contributed by atoms with E-state index in [4.69, 9.17) is 4.74 Å². The van der Waals surface area contributed by atoms with E-state index in [1.165, 1.54) is 19.3 Å². The normalized spacial score (nSPS) is 25.2. The average molecular weight is 226 g/mol. The van der Waals surface area contributed by atoms with E-state index in [-0.39, 0.29) is 11.6 Å². The fraction of sp³-hybridized carbons (Fsp3) is 0.917. The zero-order chi connectivity index (χ0) is 11.4. The Morgan fingerprint density at radius 3 is 2.44 bits per heavy atom. The summed E-state index contributed by atoms with van der Waals surface area (Å²) in [5.41, 5.74) is 0.0215. The van der Waals surface area contributed by atoms with Gasteiger partial charge in [-0.15, -0.1) is 0 Å². The molecule has 0 atom stereocenters. The summed E-state index contributed by atoms with van der Waals surface area (Å²) in [5, 5.41) is 3.20.